The number of sulfonamides is 1. The minimum Gasteiger partial charge on any atom is -0.366 e. The van der Waals surface area contributed by atoms with Gasteiger partial charge in [0.15, 0.2) is 0 Å². The lowest BCUT2D eigenvalue weighted by atomic mass is 10.1. The van der Waals surface area contributed by atoms with Crippen LogP contribution in [0.15, 0.2) is 40.6 Å². The van der Waals surface area contributed by atoms with Crippen LogP contribution in [-0.2, 0) is 17.1 Å². The van der Waals surface area contributed by atoms with Gasteiger partial charge in [0.2, 0.25) is 10.0 Å². The third kappa shape index (κ3) is 3.68. The summed E-state index contributed by atoms with van der Waals surface area (Å²) in [6.45, 7) is 9.59. The number of piperazine rings is 1. The number of benzene rings is 1. The molecule has 0 spiro atoms. The molecule has 1 aromatic carbocycles. The average molecular weight is 445 g/mol. The Bertz CT molecular complexity index is 1180. The Labute approximate surface area is 182 Å². The van der Waals surface area contributed by atoms with Crippen molar-refractivity contribution in [2.45, 2.75) is 38.6 Å². The van der Waals surface area contributed by atoms with Crippen LogP contribution < -0.4 is 4.90 Å². The van der Waals surface area contributed by atoms with Gasteiger partial charge in [-0.25, -0.2) is 13.4 Å². The van der Waals surface area contributed by atoms with E-state index in [1.807, 2.05) is 30.8 Å². The van der Waals surface area contributed by atoms with E-state index < -0.39 is 10.0 Å². The fourth-order valence-corrected chi connectivity index (χ4v) is 6.71. The second-order valence-electron chi connectivity index (χ2n) is 8.08. The first kappa shape index (κ1) is 21.1. The highest BCUT2D eigenvalue weighted by Gasteiger charge is 2.34. The van der Waals surface area contributed by atoms with Crippen molar-refractivity contribution in [1.29, 1.82) is 0 Å². The average Bonchev–Trinajstić information content (AvgIpc) is 3.25. The topological polar surface area (TPSA) is 58.4 Å². The van der Waals surface area contributed by atoms with Crippen molar-refractivity contribution in [3.05, 3.63) is 52.7 Å². The van der Waals surface area contributed by atoms with Gasteiger partial charge in [0.1, 0.15) is 9.90 Å². The molecule has 8 heteroatoms. The molecule has 0 radical (unpaired) electrons. The SMILES string of the molecule is Cc1cccc(N2CCN(S(=O)(=O)c3cc(-c4nc(C)cs4)n(C)c3C)C[C@H]2C)c1. The lowest BCUT2D eigenvalue weighted by molar-refractivity contribution is 0.342. The molecule has 3 heterocycles. The summed E-state index contributed by atoms with van der Waals surface area (Å²) in [6, 6.07) is 10.3. The van der Waals surface area contributed by atoms with Gasteiger partial charge in [-0.3, -0.25) is 0 Å². The van der Waals surface area contributed by atoms with Gasteiger partial charge < -0.3 is 9.47 Å². The van der Waals surface area contributed by atoms with Gasteiger partial charge in [0, 0.05) is 55.2 Å². The van der Waals surface area contributed by atoms with E-state index in [4.69, 9.17) is 0 Å². The van der Waals surface area contributed by atoms with E-state index in [-0.39, 0.29) is 6.04 Å². The van der Waals surface area contributed by atoms with E-state index in [0.29, 0.717) is 24.5 Å². The highest BCUT2D eigenvalue weighted by molar-refractivity contribution is 7.89. The molecule has 1 fully saturated rings. The summed E-state index contributed by atoms with van der Waals surface area (Å²) in [5.41, 5.74) is 4.89. The molecule has 1 aliphatic heterocycles. The molecule has 1 aliphatic rings. The summed E-state index contributed by atoms with van der Waals surface area (Å²) in [5.74, 6) is 0. The van der Waals surface area contributed by atoms with E-state index in [9.17, 15) is 8.42 Å². The standard InChI is InChI=1S/C22H28N4O2S2/c1-15-7-6-8-19(11-15)26-10-9-25(13-17(26)3)30(27,28)21-12-20(24(5)18(21)4)22-23-16(2)14-29-22/h6-8,11-12,14,17H,9-10,13H2,1-5H3/t17-/m1/s1. The molecule has 30 heavy (non-hydrogen) atoms. The summed E-state index contributed by atoms with van der Waals surface area (Å²) in [5, 5.41) is 2.83. The van der Waals surface area contributed by atoms with Crippen LogP contribution in [0.25, 0.3) is 10.7 Å². The van der Waals surface area contributed by atoms with E-state index >= 15 is 0 Å². The first-order chi connectivity index (χ1) is 14.2. The van der Waals surface area contributed by atoms with Crippen molar-refractivity contribution in [3.8, 4) is 10.7 Å². The van der Waals surface area contributed by atoms with Gasteiger partial charge in [0.05, 0.1) is 5.69 Å². The predicted molar refractivity (Wildman–Crippen MR) is 123 cm³/mol. The Kier molecular flexibility index (Phi) is 5.50. The van der Waals surface area contributed by atoms with Crippen LogP contribution in [0.5, 0.6) is 0 Å². The number of rotatable bonds is 4. The van der Waals surface area contributed by atoms with Crippen LogP contribution in [0, 0.1) is 20.8 Å². The maximum atomic E-state index is 13.5. The predicted octanol–water partition coefficient (Wildman–Crippen LogP) is 3.97. The molecule has 0 bridgehead atoms. The first-order valence-corrected chi connectivity index (χ1v) is 12.4. The Hall–Kier alpha value is -2.16. The smallest absolute Gasteiger partial charge is 0.245 e. The van der Waals surface area contributed by atoms with Crippen LogP contribution in [0.3, 0.4) is 0 Å². The zero-order valence-corrected chi connectivity index (χ0v) is 19.7. The maximum Gasteiger partial charge on any atom is 0.245 e. The number of thiazole rings is 1. The molecule has 0 saturated carbocycles. The van der Waals surface area contributed by atoms with Gasteiger partial charge >= 0.3 is 0 Å². The minimum atomic E-state index is -3.58. The third-order valence-corrected chi connectivity index (χ3v) is 8.83. The van der Waals surface area contributed by atoms with Crippen molar-refractivity contribution >= 4 is 27.0 Å². The summed E-state index contributed by atoms with van der Waals surface area (Å²) in [6.07, 6.45) is 0. The van der Waals surface area contributed by atoms with Crippen LogP contribution in [0.4, 0.5) is 5.69 Å². The van der Waals surface area contributed by atoms with Gasteiger partial charge in [-0.05, 0) is 51.5 Å². The second-order valence-corrected chi connectivity index (χ2v) is 10.8. The fraction of sp³-hybridized carbons (Fsp3) is 0.409. The molecule has 1 atom stereocenters. The van der Waals surface area contributed by atoms with E-state index in [1.54, 1.807) is 10.4 Å². The second kappa shape index (κ2) is 7.83. The van der Waals surface area contributed by atoms with Crippen LogP contribution in [-0.4, -0.2) is 48.0 Å². The Morgan fingerprint density at radius 1 is 1.13 bits per heavy atom. The van der Waals surface area contributed by atoms with Crippen molar-refractivity contribution < 1.29 is 8.42 Å². The minimum absolute atomic E-state index is 0.0976. The highest BCUT2D eigenvalue weighted by Crippen LogP contribution is 2.32. The zero-order valence-electron chi connectivity index (χ0n) is 18.1. The Balaban J connectivity index is 1.61. The first-order valence-electron chi connectivity index (χ1n) is 10.1. The van der Waals surface area contributed by atoms with Gasteiger partial charge in [-0.1, -0.05) is 12.1 Å². The van der Waals surface area contributed by atoms with Crippen molar-refractivity contribution in [2.75, 3.05) is 24.5 Å². The molecule has 6 nitrogen and oxygen atoms in total. The van der Waals surface area contributed by atoms with Crippen LogP contribution in [0.2, 0.25) is 0 Å². The quantitative estimate of drug-likeness (QED) is 0.611. The van der Waals surface area contributed by atoms with Crippen LogP contribution in [0.1, 0.15) is 23.9 Å². The molecule has 2 aromatic heterocycles. The van der Waals surface area contributed by atoms with Gasteiger partial charge in [-0.15, -0.1) is 11.3 Å². The third-order valence-electron chi connectivity index (χ3n) is 5.87. The number of aromatic nitrogens is 2. The summed E-state index contributed by atoms with van der Waals surface area (Å²) in [7, 11) is -1.68. The summed E-state index contributed by atoms with van der Waals surface area (Å²) in [4.78, 5) is 7.21. The number of hydrogen-bond acceptors (Lipinski definition) is 5. The molecular weight excluding hydrogens is 416 g/mol. The molecule has 160 valence electrons. The maximum absolute atomic E-state index is 13.5. The summed E-state index contributed by atoms with van der Waals surface area (Å²) >= 11 is 1.54. The monoisotopic (exact) mass is 444 g/mol. The zero-order chi connectivity index (χ0) is 21.6. The largest absolute Gasteiger partial charge is 0.366 e. The van der Waals surface area contributed by atoms with Crippen molar-refractivity contribution in [3.63, 3.8) is 0 Å². The van der Waals surface area contributed by atoms with Gasteiger partial charge in [-0.2, -0.15) is 4.31 Å². The van der Waals surface area contributed by atoms with Gasteiger partial charge in [0.25, 0.3) is 0 Å². The lowest BCUT2D eigenvalue weighted by Gasteiger charge is -2.40. The highest BCUT2D eigenvalue weighted by atomic mass is 32.2. The Morgan fingerprint density at radius 3 is 2.53 bits per heavy atom. The fourth-order valence-electron chi connectivity index (χ4n) is 4.08. The molecule has 0 aliphatic carbocycles. The molecule has 0 N–H and O–H groups in total. The van der Waals surface area contributed by atoms with E-state index in [1.165, 1.54) is 16.9 Å². The van der Waals surface area contributed by atoms with Crippen molar-refractivity contribution in [1.82, 2.24) is 13.9 Å². The molecule has 4 rings (SSSR count). The molecule has 0 amide bonds. The Morgan fingerprint density at radius 2 is 1.90 bits per heavy atom. The molecular formula is C22H28N4O2S2. The van der Waals surface area contributed by atoms with Crippen molar-refractivity contribution in [2.24, 2.45) is 7.05 Å². The molecule has 0 unspecified atom stereocenters. The van der Waals surface area contributed by atoms with Crippen LogP contribution >= 0.6 is 11.3 Å². The van der Waals surface area contributed by atoms with E-state index in [0.717, 1.165) is 27.8 Å². The number of nitrogens with zero attached hydrogens (tertiary/aromatic N) is 4. The lowest BCUT2D eigenvalue weighted by Crippen LogP contribution is -2.53. The van der Waals surface area contributed by atoms with E-state index in [2.05, 4.69) is 48.0 Å². The molecule has 3 aromatic rings. The number of anilines is 1. The normalized spacial score (nSPS) is 18.2. The summed E-state index contributed by atoms with van der Waals surface area (Å²) < 4.78 is 30.6. The number of hydrogen-bond donors (Lipinski definition) is 0. The molecule has 1 saturated heterocycles. The number of aryl methyl sites for hydroxylation is 2.